The third kappa shape index (κ3) is 11.2. The van der Waals surface area contributed by atoms with Crippen molar-refractivity contribution in [1.82, 2.24) is 20.9 Å². The molecule has 0 radical (unpaired) electrons. The topological polar surface area (TPSA) is 199 Å². The molecule has 14 nitrogen and oxygen atoms in total. The molecule has 0 spiro atoms. The SMILES string of the molecule is COC[C@H](NC(=O)c1cnc(C)s1)C(=O)N[C@H](COC)C(=O)N[C@@H](Cc1ccccc1)C(=O)C(C)(O)COS(=O)(=O)c1ccc(F)c(F)c1. The van der Waals surface area contributed by atoms with Gasteiger partial charge in [-0.2, -0.15) is 8.42 Å². The minimum absolute atomic E-state index is 0.179. The van der Waals surface area contributed by atoms with E-state index in [9.17, 15) is 41.5 Å². The smallest absolute Gasteiger partial charge is 0.297 e. The molecule has 3 amide bonds. The number of thiazole rings is 1. The van der Waals surface area contributed by atoms with E-state index < -0.39 is 80.5 Å². The monoisotopic (exact) mass is 726 g/mol. The summed E-state index contributed by atoms with van der Waals surface area (Å²) in [7, 11) is -2.19. The Kier molecular flexibility index (Phi) is 14.0. The summed E-state index contributed by atoms with van der Waals surface area (Å²) in [5.41, 5.74) is -2.00. The molecular formula is C31H36F2N4O10S2. The first-order valence-electron chi connectivity index (χ1n) is 14.5. The number of ketones is 1. The van der Waals surface area contributed by atoms with Crippen molar-refractivity contribution in [2.75, 3.05) is 34.0 Å². The quantitative estimate of drug-likeness (QED) is 0.137. The average molecular weight is 727 g/mol. The van der Waals surface area contributed by atoms with Crippen molar-refractivity contribution < 1.29 is 55.1 Å². The van der Waals surface area contributed by atoms with Crippen LogP contribution in [0.4, 0.5) is 8.78 Å². The van der Waals surface area contributed by atoms with Gasteiger partial charge < -0.3 is 30.5 Å². The zero-order valence-electron chi connectivity index (χ0n) is 26.9. The number of ether oxygens (including phenoxy) is 2. The average Bonchev–Trinajstić information content (AvgIpc) is 3.50. The van der Waals surface area contributed by atoms with Gasteiger partial charge in [0.2, 0.25) is 11.8 Å². The predicted octanol–water partition coefficient (Wildman–Crippen LogP) is 1.06. The number of rotatable bonds is 18. The van der Waals surface area contributed by atoms with Crippen molar-refractivity contribution in [1.29, 1.82) is 0 Å². The third-order valence-corrected chi connectivity index (χ3v) is 9.06. The molecule has 18 heteroatoms. The maximum Gasteiger partial charge on any atom is 0.297 e. The van der Waals surface area contributed by atoms with E-state index >= 15 is 0 Å². The van der Waals surface area contributed by atoms with Crippen molar-refractivity contribution >= 4 is 45.0 Å². The minimum Gasteiger partial charge on any atom is -0.382 e. The van der Waals surface area contributed by atoms with Gasteiger partial charge in [-0.05, 0) is 44.0 Å². The fourth-order valence-corrected chi connectivity index (χ4v) is 6.02. The van der Waals surface area contributed by atoms with E-state index in [1.54, 1.807) is 37.3 Å². The van der Waals surface area contributed by atoms with E-state index in [1.807, 2.05) is 0 Å². The van der Waals surface area contributed by atoms with Gasteiger partial charge >= 0.3 is 0 Å². The Hall–Kier alpha value is -4.20. The summed E-state index contributed by atoms with van der Waals surface area (Å²) in [6.07, 6.45) is 1.17. The van der Waals surface area contributed by atoms with Gasteiger partial charge in [-0.3, -0.25) is 23.4 Å². The predicted molar refractivity (Wildman–Crippen MR) is 171 cm³/mol. The Balaban J connectivity index is 1.79. The number of nitrogens with zero attached hydrogens (tertiary/aromatic N) is 1. The van der Waals surface area contributed by atoms with Crippen LogP contribution in [-0.4, -0.2) is 99.8 Å². The molecule has 4 atom stereocenters. The third-order valence-electron chi connectivity index (χ3n) is 6.89. The fourth-order valence-electron chi connectivity index (χ4n) is 4.34. The Morgan fingerprint density at radius 1 is 0.918 bits per heavy atom. The van der Waals surface area contributed by atoms with Crippen molar-refractivity contribution in [2.45, 2.75) is 48.9 Å². The molecule has 0 saturated carbocycles. The lowest BCUT2D eigenvalue weighted by atomic mass is 9.91. The van der Waals surface area contributed by atoms with Gasteiger partial charge in [0.05, 0.1) is 35.4 Å². The number of aromatic nitrogens is 1. The van der Waals surface area contributed by atoms with Crippen LogP contribution in [0.1, 0.15) is 27.2 Å². The summed E-state index contributed by atoms with van der Waals surface area (Å²) < 4.78 is 67.2. The number of hydrogen-bond acceptors (Lipinski definition) is 12. The number of halogens is 2. The Bertz CT molecular complexity index is 1740. The van der Waals surface area contributed by atoms with Crippen LogP contribution >= 0.6 is 11.3 Å². The van der Waals surface area contributed by atoms with Crippen LogP contribution in [-0.2, 0) is 44.6 Å². The van der Waals surface area contributed by atoms with Crippen molar-refractivity contribution in [2.24, 2.45) is 0 Å². The summed E-state index contributed by atoms with van der Waals surface area (Å²) in [4.78, 5) is 56.6. The lowest BCUT2D eigenvalue weighted by Gasteiger charge is -2.29. The van der Waals surface area contributed by atoms with Crippen LogP contribution < -0.4 is 16.0 Å². The summed E-state index contributed by atoms with van der Waals surface area (Å²) in [6.45, 7) is 0.871. The van der Waals surface area contributed by atoms with E-state index in [2.05, 4.69) is 20.9 Å². The second-order valence-corrected chi connectivity index (χ2v) is 13.8. The van der Waals surface area contributed by atoms with Gasteiger partial charge in [0, 0.05) is 14.2 Å². The van der Waals surface area contributed by atoms with Crippen molar-refractivity contribution in [3.05, 3.63) is 81.8 Å². The number of amides is 3. The summed E-state index contributed by atoms with van der Waals surface area (Å²) in [6, 6.07) is 5.86. The molecule has 0 saturated heterocycles. The molecule has 4 N–H and O–H groups in total. The highest BCUT2D eigenvalue weighted by atomic mass is 32.2. The highest BCUT2D eigenvalue weighted by Crippen LogP contribution is 2.20. The molecule has 1 heterocycles. The first kappa shape index (κ1) is 39.2. The zero-order chi connectivity index (χ0) is 36.4. The molecule has 3 rings (SSSR count). The van der Waals surface area contributed by atoms with Crippen LogP contribution in [0, 0.1) is 18.6 Å². The van der Waals surface area contributed by atoms with Crippen LogP contribution in [0.2, 0.25) is 0 Å². The van der Waals surface area contributed by atoms with E-state index in [0.717, 1.165) is 24.3 Å². The lowest BCUT2D eigenvalue weighted by Crippen LogP contribution is -2.60. The van der Waals surface area contributed by atoms with Crippen molar-refractivity contribution in [3.8, 4) is 0 Å². The Labute approximate surface area is 285 Å². The van der Waals surface area contributed by atoms with Crippen LogP contribution in [0.5, 0.6) is 0 Å². The number of methoxy groups -OCH3 is 2. The number of carbonyl (C=O) groups excluding carboxylic acids is 4. The largest absolute Gasteiger partial charge is 0.382 e. The Morgan fingerprint density at radius 2 is 1.51 bits per heavy atom. The number of carbonyl (C=O) groups is 4. The highest BCUT2D eigenvalue weighted by molar-refractivity contribution is 7.86. The van der Waals surface area contributed by atoms with E-state index in [-0.39, 0.29) is 24.5 Å². The van der Waals surface area contributed by atoms with Gasteiger partial charge in [-0.25, -0.2) is 13.8 Å². The van der Waals surface area contributed by atoms with Gasteiger partial charge in [0.1, 0.15) is 29.2 Å². The molecule has 0 fully saturated rings. The molecule has 0 aliphatic rings. The zero-order valence-corrected chi connectivity index (χ0v) is 28.5. The first-order chi connectivity index (χ1) is 23.1. The number of aryl methyl sites for hydroxylation is 1. The summed E-state index contributed by atoms with van der Waals surface area (Å²) in [5.74, 6) is -6.16. The highest BCUT2D eigenvalue weighted by Gasteiger charge is 2.40. The molecule has 1 aromatic heterocycles. The second kappa shape index (κ2) is 17.5. The Morgan fingerprint density at radius 3 is 2.06 bits per heavy atom. The minimum atomic E-state index is -4.76. The molecule has 49 heavy (non-hydrogen) atoms. The normalized spacial score (nSPS) is 14.6. The molecule has 0 aliphatic heterocycles. The lowest BCUT2D eigenvalue weighted by molar-refractivity contribution is -0.143. The fraction of sp³-hybridized carbons (Fsp3) is 0.387. The second-order valence-electron chi connectivity index (χ2n) is 10.9. The van der Waals surface area contributed by atoms with Crippen LogP contribution in [0.25, 0.3) is 0 Å². The maximum absolute atomic E-state index is 13.7. The van der Waals surface area contributed by atoms with Gasteiger partial charge in [-0.1, -0.05) is 30.3 Å². The van der Waals surface area contributed by atoms with Gasteiger partial charge in [-0.15, -0.1) is 11.3 Å². The molecular weight excluding hydrogens is 690 g/mol. The molecule has 0 aliphatic carbocycles. The number of benzene rings is 2. The molecule has 0 bridgehead atoms. The number of aliphatic hydroxyl groups is 1. The first-order valence-corrected chi connectivity index (χ1v) is 16.8. The number of nitrogens with one attached hydrogen (secondary N) is 3. The molecule has 1 unspecified atom stereocenters. The van der Waals surface area contributed by atoms with E-state index in [0.29, 0.717) is 22.7 Å². The van der Waals surface area contributed by atoms with Gasteiger partial charge in [0.25, 0.3) is 16.0 Å². The molecule has 2 aromatic carbocycles. The number of hydrogen-bond donors (Lipinski definition) is 4. The van der Waals surface area contributed by atoms with E-state index in [4.69, 9.17) is 13.7 Å². The number of Topliss-reactive ketones (excluding diaryl/α,β-unsaturated/α-hetero) is 1. The summed E-state index contributed by atoms with van der Waals surface area (Å²) >= 11 is 1.11. The standard InChI is InChI=1S/C31H36F2N4O10S2/c1-18-34-14-26(48-18)30(41)37-25(16-46-4)29(40)36-24(15-45-3)28(39)35-23(12-19-8-6-5-7-9-19)27(38)31(2,42)17-47-49(43,44)20-10-11-21(32)22(33)13-20/h5-11,13-14,23-25,42H,12,15-17H2,1-4H3,(H,35,39)(H,36,40)(H,37,41)/t23-,24+,25-,31?/m0/s1. The van der Waals surface area contributed by atoms with Crippen LogP contribution in [0.15, 0.2) is 59.6 Å². The van der Waals surface area contributed by atoms with Crippen LogP contribution in [0.3, 0.4) is 0 Å². The summed E-state index contributed by atoms with van der Waals surface area (Å²) in [5, 5.41) is 19.2. The molecule has 3 aromatic rings. The molecule has 266 valence electrons. The van der Waals surface area contributed by atoms with Gasteiger partial charge in [0.15, 0.2) is 17.4 Å². The van der Waals surface area contributed by atoms with Crippen molar-refractivity contribution in [3.63, 3.8) is 0 Å². The van der Waals surface area contributed by atoms with E-state index in [1.165, 1.54) is 20.4 Å². The maximum atomic E-state index is 13.7.